The molecule has 0 aliphatic heterocycles. The molecule has 0 aromatic heterocycles. The van der Waals surface area contributed by atoms with Crippen LogP contribution in [0.15, 0.2) is 0 Å². The summed E-state index contributed by atoms with van der Waals surface area (Å²) in [5.74, 6) is -0.758. The third-order valence-electron chi connectivity index (χ3n) is 5.86. The van der Waals surface area contributed by atoms with Gasteiger partial charge in [0.05, 0.1) is 27.1 Å². The van der Waals surface area contributed by atoms with Crippen molar-refractivity contribution in [2.24, 2.45) is 0 Å². The van der Waals surface area contributed by atoms with E-state index in [-0.39, 0.29) is 6.42 Å². The number of aliphatic hydroxyl groups is 1. The smallest absolute Gasteiger partial charge is 0.309 e. The normalized spacial score (nSPS) is 14.2. The Bertz CT molecular complexity index is 384. The van der Waals surface area contributed by atoms with E-state index in [9.17, 15) is 9.90 Å². The van der Waals surface area contributed by atoms with Crippen molar-refractivity contribution in [3.8, 4) is 0 Å². The zero-order valence-corrected chi connectivity index (χ0v) is 19.5. The number of carboxylic acids is 1. The molecule has 4 nitrogen and oxygen atoms in total. The first-order valence-electron chi connectivity index (χ1n) is 12.0. The lowest BCUT2D eigenvalue weighted by Crippen LogP contribution is -2.52. The standard InChI is InChI=1S/C24H49NO3/c1-5-7-8-9-10-11-12-13-14-15-16-17-20-24(28,19-6-2)22-25(3,4)21-18-23(26)27/h28H,5-22H2,1-4H3/p+1. The van der Waals surface area contributed by atoms with E-state index in [1.807, 2.05) is 14.1 Å². The summed E-state index contributed by atoms with van der Waals surface area (Å²) in [7, 11) is 4.07. The molecule has 2 N–H and O–H groups in total. The van der Waals surface area contributed by atoms with Gasteiger partial charge in [0, 0.05) is 0 Å². The van der Waals surface area contributed by atoms with Gasteiger partial charge in [-0.05, 0) is 12.8 Å². The number of quaternary nitrogens is 1. The zero-order chi connectivity index (χ0) is 21.3. The fourth-order valence-electron chi connectivity index (χ4n) is 4.32. The van der Waals surface area contributed by atoms with E-state index < -0.39 is 11.6 Å². The highest BCUT2D eigenvalue weighted by Gasteiger charge is 2.34. The lowest BCUT2D eigenvalue weighted by atomic mass is 9.89. The van der Waals surface area contributed by atoms with Gasteiger partial charge in [0.2, 0.25) is 0 Å². The number of nitrogens with zero attached hydrogens (tertiary/aromatic N) is 1. The van der Waals surface area contributed by atoms with Gasteiger partial charge in [-0.25, -0.2) is 0 Å². The van der Waals surface area contributed by atoms with Crippen LogP contribution in [0.25, 0.3) is 0 Å². The van der Waals surface area contributed by atoms with E-state index in [1.54, 1.807) is 0 Å². The predicted molar refractivity (Wildman–Crippen MR) is 120 cm³/mol. The SMILES string of the molecule is CCCCCCCCCCCCCCC(O)(CCC)C[N+](C)(C)CCC(=O)O. The number of aliphatic carboxylic acids is 1. The summed E-state index contributed by atoms with van der Waals surface area (Å²) in [5, 5.41) is 20.0. The van der Waals surface area contributed by atoms with Crippen LogP contribution in [0.2, 0.25) is 0 Å². The second-order valence-electron chi connectivity index (χ2n) is 9.57. The molecule has 4 heteroatoms. The summed E-state index contributed by atoms with van der Waals surface area (Å²) in [5.41, 5.74) is -0.657. The molecule has 0 heterocycles. The van der Waals surface area contributed by atoms with Crippen LogP contribution in [0, 0.1) is 0 Å². The summed E-state index contributed by atoms with van der Waals surface area (Å²) in [6.07, 6.45) is 18.7. The highest BCUT2D eigenvalue weighted by atomic mass is 16.4. The number of hydrogen-bond acceptors (Lipinski definition) is 2. The quantitative estimate of drug-likeness (QED) is 0.190. The predicted octanol–water partition coefficient (Wildman–Crippen LogP) is 6.16. The average Bonchev–Trinajstić information content (AvgIpc) is 2.61. The fraction of sp³-hybridized carbons (Fsp3) is 0.958. The molecule has 28 heavy (non-hydrogen) atoms. The summed E-state index contributed by atoms with van der Waals surface area (Å²) in [4.78, 5) is 10.9. The van der Waals surface area contributed by atoms with E-state index in [1.165, 1.54) is 70.6 Å². The van der Waals surface area contributed by atoms with Gasteiger partial charge in [-0.3, -0.25) is 4.79 Å². The minimum atomic E-state index is -0.758. The van der Waals surface area contributed by atoms with Crippen LogP contribution in [0.3, 0.4) is 0 Å². The Kier molecular flexibility index (Phi) is 15.9. The molecule has 0 amide bonds. The minimum absolute atomic E-state index is 0.161. The van der Waals surface area contributed by atoms with Gasteiger partial charge in [0.15, 0.2) is 0 Å². The number of carboxylic acid groups (broad SMARTS) is 1. The lowest BCUT2D eigenvalue weighted by molar-refractivity contribution is -0.896. The maximum Gasteiger partial charge on any atom is 0.309 e. The molecule has 0 aromatic carbocycles. The molecule has 0 aliphatic carbocycles. The van der Waals surface area contributed by atoms with Crippen molar-refractivity contribution in [2.75, 3.05) is 27.2 Å². The maximum atomic E-state index is 11.1. The average molecular weight is 401 g/mol. The van der Waals surface area contributed by atoms with Crippen molar-refractivity contribution in [1.29, 1.82) is 0 Å². The van der Waals surface area contributed by atoms with Crippen LogP contribution in [0.4, 0.5) is 0 Å². The Balaban J connectivity index is 3.92. The molecule has 168 valence electrons. The van der Waals surface area contributed by atoms with E-state index in [4.69, 9.17) is 5.11 Å². The van der Waals surface area contributed by atoms with Crippen molar-refractivity contribution in [2.45, 2.75) is 122 Å². The highest BCUT2D eigenvalue weighted by molar-refractivity contribution is 5.66. The molecule has 0 spiro atoms. The van der Waals surface area contributed by atoms with Crippen LogP contribution in [0.1, 0.15) is 117 Å². The van der Waals surface area contributed by atoms with Crippen LogP contribution in [-0.4, -0.2) is 53.5 Å². The largest absolute Gasteiger partial charge is 0.481 e. The molecule has 1 unspecified atom stereocenters. The Labute approximate surface area is 175 Å². The third kappa shape index (κ3) is 16.4. The van der Waals surface area contributed by atoms with E-state index in [0.29, 0.717) is 17.6 Å². The first-order valence-corrected chi connectivity index (χ1v) is 12.0. The van der Waals surface area contributed by atoms with Gasteiger partial charge in [-0.2, -0.15) is 0 Å². The molecule has 0 radical (unpaired) electrons. The molecule has 0 aliphatic rings. The van der Waals surface area contributed by atoms with Gasteiger partial charge in [-0.15, -0.1) is 0 Å². The van der Waals surface area contributed by atoms with Crippen LogP contribution in [0.5, 0.6) is 0 Å². The van der Waals surface area contributed by atoms with E-state index in [2.05, 4.69) is 13.8 Å². The number of hydrogen-bond donors (Lipinski definition) is 2. The molecule has 0 saturated heterocycles. The number of likely N-dealkylation sites (N-methyl/N-ethyl adjacent to an activating group) is 1. The van der Waals surface area contributed by atoms with Gasteiger partial charge >= 0.3 is 5.97 Å². The molecule has 0 rings (SSSR count). The van der Waals surface area contributed by atoms with Crippen molar-refractivity contribution < 1.29 is 19.5 Å². The van der Waals surface area contributed by atoms with Crippen molar-refractivity contribution >= 4 is 5.97 Å². The Morgan fingerprint density at radius 2 is 1.21 bits per heavy atom. The van der Waals surface area contributed by atoms with E-state index in [0.717, 1.165) is 25.7 Å². The molecule has 1 atom stereocenters. The minimum Gasteiger partial charge on any atom is -0.481 e. The number of unbranched alkanes of at least 4 members (excludes halogenated alkanes) is 11. The molecule has 0 bridgehead atoms. The molecule has 0 fully saturated rings. The molecule has 0 saturated carbocycles. The fourth-order valence-corrected chi connectivity index (χ4v) is 4.32. The van der Waals surface area contributed by atoms with Crippen LogP contribution in [-0.2, 0) is 4.79 Å². The summed E-state index contributed by atoms with van der Waals surface area (Å²) >= 11 is 0. The lowest BCUT2D eigenvalue weighted by Gasteiger charge is -2.38. The van der Waals surface area contributed by atoms with Gasteiger partial charge in [-0.1, -0.05) is 97.3 Å². The van der Waals surface area contributed by atoms with E-state index >= 15 is 0 Å². The third-order valence-corrected chi connectivity index (χ3v) is 5.86. The summed E-state index contributed by atoms with van der Waals surface area (Å²) in [6.45, 7) is 5.60. The Morgan fingerprint density at radius 1 is 0.750 bits per heavy atom. The van der Waals surface area contributed by atoms with Crippen molar-refractivity contribution in [1.82, 2.24) is 0 Å². The van der Waals surface area contributed by atoms with Crippen molar-refractivity contribution in [3.63, 3.8) is 0 Å². The van der Waals surface area contributed by atoms with Crippen molar-refractivity contribution in [3.05, 3.63) is 0 Å². The molecular weight excluding hydrogens is 350 g/mol. The first-order chi connectivity index (χ1) is 13.2. The highest BCUT2D eigenvalue weighted by Crippen LogP contribution is 2.25. The van der Waals surface area contributed by atoms with Crippen LogP contribution < -0.4 is 0 Å². The van der Waals surface area contributed by atoms with Gasteiger partial charge in [0.25, 0.3) is 0 Å². The second kappa shape index (κ2) is 16.2. The number of carbonyl (C=O) groups is 1. The monoisotopic (exact) mass is 400 g/mol. The first kappa shape index (κ1) is 27.4. The summed E-state index contributed by atoms with van der Waals surface area (Å²) < 4.78 is 0.570. The van der Waals surface area contributed by atoms with Gasteiger partial charge < -0.3 is 14.7 Å². The number of rotatable bonds is 20. The Hall–Kier alpha value is -0.610. The van der Waals surface area contributed by atoms with Gasteiger partial charge in [0.1, 0.15) is 12.1 Å². The van der Waals surface area contributed by atoms with Crippen LogP contribution >= 0.6 is 0 Å². The second-order valence-corrected chi connectivity index (χ2v) is 9.57. The Morgan fingerprint density at radius 3 is 1.64 bits per heavy atom. The molecular formula is C24H50NO3+. The molecule has 0 aromatic rings. The maximum absolute atomic E-state index is 11.1. The zero-order valence-electron chi connectivity index (χ0n) is 19.5. The summed E-state index contributed by atoms with van der Waals surface area (Å²) in [6, 6.07) is 0. The topological polar surface area (TPSA) is 57.5 Å².